The first-order valence-electron chi connectivity index (χ1n) is 8.46. The van der Waals surface area contributed by atoms with E-state index in [-0.39, 0.29) is 11.0 Å². The number of carboxylic acid groups (broad SMARTS) is 1. The molecule has 1 N–H and O–H groups in total. The van der Waals surface area contributed by atoms with Gasteiger partial charge in [-0.05, 0) is 57.7 Å². The minimum absolute atomic E-state index is 0.0683. The van der Waals surface area contributed by atoms with Crippen molar-refractivity contribution in [2.75, 3.05) is 19.6 Å². The van der Waals surface area contributed by atoms with Gasteiger partial charge in [0.1, 0.15) is 0 Å². The number of hydrogen-bond acceptors (Lipinski definition) is 2. The lowest BCUT2D eigenvalue weighted by Crippen LogP contribution is -2.52. The number of amides is 1. The summed E-state index contributed by atoms with van der Waals surface area (Å²) in [5.74, 6) is 0. The van der Waals surface area contributed by atoms with Gasteiger partial charge in [-0.15, -0.1) is 0 Å². The number of benzene rings is 1. The van der Waals surface area contributed by atoms with E-state index in [0.717, 1.165) is 32.5 Å². The standard InChI is InChI=1S/C19H30N2O2/c1-18(2,3)21(17(22)23)15-19(4)10-12-20(13-11-19)14-16-8-6-5-7-9-16/h5-9H,10-15H2,1-4H3,(H,22,23). The van der Waals surface area contributed by atoms with Crippen molar-refractivity contribution < 1.29 is 9.90 Å². The predicted molar refractivity (Wildman–Crippen MR) is 93.5 cm³/mol. The molecule has 0 radical (unpaired) electrons. The largest absolute Gasteiger partial charge is 0.465 e. The summed E-state index contributed by atoms with van der Waals surface area (Å²) in [5, 5.41) is 9.52. The Hall–Kier alpha value is -1.55. The molecule has 128 valence electrons. The number of carbonyl (C=O) groups is 1. The Labute approximate surface area is 140 Å². The number of rotatable bonds is 4. The van der Waals surface area contributed by atoms with E-state index in [2.05, 4.69) is 36.1 Å². The van der Waals surface area contributed by atoms with E-state index < -0.39 is 6.09 Å². The van der Waals surface area contributed by atoms with Gasteiger partial charge in [-0.25, -0.2) is 4.79 Å². The summed E-state index contributed by atoms with van der Waals surface area (Å²) in [6.07, 6.45) is 1.27. The number of hydrogen-bond donors (Lipinski definition) is 1. The normalized spacial score (nSPS) is 18.6. The topological polar surface area (TPSA) is 43.8 Å². The van der Waals surface area contributed by atoms with Gasteiger partial charge < -0.3 is 10.0 Å². The molecular weight excluding hydrogens is 288 g/mol. The Morgan fingerprint density at radius 3 is 2.26 bits per heavy atom. The highest BCUT2D eigenvalue weighted by Gasteiger charge is 2.37. The molecular formula is C19H30N2O2. The van der Waals surface area contributed by atoms with Gasteiger partial charge >= 0.3 is 6.09 Å². The highest BCUT2D eigenvalue weighted by atomic mass is 16.4. The Balaban J connectivity index is 1.92. The van der Waals surface area contributed by atoms with Gasteiger partial charge in [0.15, 0.2) is 0 Å². The van der Waals surface area contributed by atoms with Crippen LogP contribution >= 0.6 is 0 Å². The van der Waals surface area contributed by atoms with Gasteiger partial charge in [-0.3, -0.25) is 4.90 Å². The molecule has 1 aliphatic heterocycles. The van der Waals surface area contributed by atoms with E-state index in [0.29, 0.717) is 6.54 Å². The lowest BCUT2D eigenvalue weighted by molar-refractivity contribution is 0.0355. The Bertz CT molecular complexity index is 514. The van der Waals surface area contributed by atoms with E-state index in [1.54, 1.807) is 4.90 Å². The van der Waals surface area contributed by atoms with Crippen molar-refractivity contribution in [1.82, 2.24) is 9.80 Å². The summed E-state index contributed by atoms with van der Waals surface area (Å²) < 4.78 is 0. The molecule has 0 bridgehead atoms. The molecule has 0 aromatic heterocycles. The Morgan fingerprint density at radius 2 is 1.78 bits per heavy atom. The van der Waals surface area contributed by atoms with Crippen LogP contribution in [0.15, 0.2) is 30.3 Å². The fourth-order valence-corrected chi connectivity index (χ4v) is 3.22. The first kappa shape index (κ1) is 17.8. The highest BCUT2D eigenvalue weighted by Crippen LogP contribution is 2.34. The molecule has 1 aromatic carbocycles. The molecule has 1 fully saturated rings. The van der Waals surface area contributed by atoms with Crippen LogP contribution in [0.4, 0.5) is 4.79 Å². The molecule has 0 saturated carbocycles. The minimum Gasteiger partial charge on any atom is -0.465 e. The second-order valence-corrected chi connectivity index (χ2v) is 8.11. The maximum Gasteiger partial charge on any atom is 0.407 e. The molecule has 1 amide bonds. The van der Waals surface area contributed by atoms with Crippen molar-refractivity contribution in [3.63, 3.8) is 0 Å². The third kappa shape index (κ3) is 4.96. The predicted octanol–water partition coefficient (Wildman–Crippen LogP) is 4.07. The van der Waals surface area contributed by atoms with Gasteiger partial charge in [0, 0.05) is 18.6 Å². The third-order valence-electron chi connectivity index (χ3n) is 4.89. The van der Waals surface area contributed by atoms with Crippen LogP contribution in [0.3, 0.4) is 0 Å². The zero-order chi connectivity index (χ0) is 17.1. The second-order valence-electron chi connectivity index (χ2n) is 8.11. The molecule has 1 aliphatic rings. The van der Waals surface area contributed by atoms with Gasteiger partial charge in [-0.1, -0.05) is 37.3 Å². The molecule has 0 unspecified atom stereocenters. The lowest BCUT2D eigenvalue weighted by atomic mass is 9.79. The number of likely N-dealkylation sites (tertiary alicyclic amines) is 1. The summed E-state index contributed by atoms with van der Waals surface area (Å²) in [4.78, 5) is 15.7. The highest BCUT2D eigenvalue weighted by molar-refractivity contribution is 5.66. The average molecular weight is 318 g/mol. The van der Waals surface area contributed by atoms with Crippen LogP contribution in [0.2, 0.25) is 0 Å². The molecule has 0 spiro atoms. The first-order chi connectivity index (χ1) is 10.7. The summed E-state index contributed by atoms with van der Waals surface area (Å²) in [5.41, 5.74) is 1.06. The van der Waals surface area contributed by atoms with Crippen LogP contribution in [0.1, 0.15) is 46.1 Å². The summed E-state index contributed by atoms with van der Waals surface area (Å²) in [6.45, 7) is 11.8. The van der Waals surface area contributed by atoms with Crippen molar-refractivity contribution in [3.05, 3.63) is 35.9 Å². The van der Waals surface area contributed by atoms with Gasteiger partial charge in [0.05, 0.1) is 0 Å². The van der Waals surface area contributed by atoms with Crippen LogP contribution in [0.25, 0.3) is 0 Å². The van der Waals surface area contributed by atoms with E-state index in [9.17, 15) is 9.90 Å². The van der Waals surface area contributed by atoms with E-state index >= 15 is 0 Å². The lowest BCUT2D eigenvalue weighted by Gasteiger charge is -2.45. The maximum atomic E-state index is 11.6. The Kier molecular flexibility index (Phi) is 5.35. The smallest absolute Gasteiger partial charge is 0.407 e. The van der Waals surface area contributed by atoms with Crippen molar-refractivity contribution >= 4 is 6.09 Å². The molecule has 1 saturated heterocycles. The van der Waals surface area contributed by atoms with Crippen LogP contribution in [-0.2, 0) is 6.54 Å². The summed E-state index contributed by atoms with van der Waals surface area (Å²) >= 11 is 0. The minimum atomic E-state index is -0.814. The van der Waals surface area contributed by atoms with Crippen LogP contribution < -0.4 is 0 Å². The summed E-state index contributed by atoms with van der Waals surface area (Å²) in [6, 6.07) is 10.5. The molecule has 1 heterocycles. The van der Waals surface area contributed by atoms with E-state index in [4.69, 9.17) is 0 Å². The van der Waals surface area contributed by atoms with Gasteiger partial charge in [-0.2, -0.15) is 0 Å². The van der Waals surface area contributed by atoms with Gasteiger partial charge in [0.2, 0.25) is 0 Å². The molecule has 23 heavy (non-hydrogen) atoms. The molecule has 2 rings (SSSR count). The summed E-state index contributed by atoms with van der Waals surface area (Å²) in [7, 11) is 0. The van der Waals surface area contributed by atoms with E-state index in [1.807, 2.05) is 26.8 Å². The molecule has 0 atom stereocenters. The monoisotopic (exact) mass is 318 g/mol. The van der Waals surface area contributed by atoms with Crippen LogP contribution in [0.5, 0.6) is 0 Å². The van der Waals surface area contributed by atoms with Crippen molar-refractivity contribution in [1.29, 1.82) is 0 Å². The number of piperidine rings is 1. The van der Waals surface area contributed by atoms with E-state index in [1.165, 1.54) is 5.56 Å². The maximum absolute atomic E-state index is 11.6. The average Bonchev–Trinajstić information content (AvgIpc) is 2.47. The zero-order valence-corrected chi connectivity index (χ0v) is 14.9. The van der Waals surface area contributed by atoms with Gasteiger partial charge in [0.25, 0.3) is 0 Å². The SMILES string of the molecule is CC1(CN(C(=O)O)C(C)(C)C)CCN(Cc2ccccc2)CC1. The fourth-order valence-electron chi connectivity index (χ4n) is 3.22. The van der Waals surface area contributed by atoms with Crippen molar-refractivity contribution in [2.45, 2.75) is 52.6 Å². The molecule has 4 nitrogen and oxygen atoms in total. The first-order valence-corrected chi connectivity index (χ1v) is 8.46. The molecule has 4 heteroatoms. The van der Waals surface area contributed by atoms with Crippen LogP contribution in [-0.4, -0.2) is 46.2 Å². The number of nitrogens with zero attached hydrogens (tertiary/aromatic N) is 2. The quantitative estimate of drug-likeness (QED) is 0.910. The second kappa shape index (κ2) is 6.91. The van der Waals surface area contributed by atoms with Crippen LogP contribution in [0, 0.1) is 5.41 Å². The third-order valence-corrected chi connectivity index (χ3v) is 4.89. The van der Waals surface area contributed by atoms with Crippen molar-refractivity contribution in [3.8, 4) is 0 Å². The molecule has 0 aliphatic carbocycles. The molecule has 1 aromatic rings. The Morgan fingerprint density at radius 1 is 1.22 bits per heavy atom. The fraction of sp³-hybridized carbons (Fsp3) is 0.632. The zero-order valence-electron chi connectivity index (χ0n) is 14.9. The van der Waals surface area contributed by atoms with Crippen molar-refractivity contribution in [2.24, 2.45) is 5.41 Å².